The minimum Gasteiger partial charge on any atom is -0.461 e. The van der Waals surface area contributed by atoms with E-state index in [0.29, 0.717) is 12.5 Å². The van der Waals surface area contributed by atoms with Crippen molar-refractivity contribution in [3.8, 4) is 0 Å². The molecule has 2 unspecified atom stereocenters. The van der Waals surface area contributed by atoms with Gasteiger partial charge >= 0.3 is 0 Å². The number of rotatable bonds is 5. The minimum atomic E-state index is 0.232. The van der Waals surface area contributed by atoms with E-state index in [0.717, 1.165) is 31.0 Å². The molecule has 4 heteroatoms. The highest BCUT2D eigenvalue weighted by Crippen LogP contribution is 2.35. The molecule has 2 heterocycles. The third kappa shape index (κ3) is 2.71. The summed E-state index contributed by atoms with van der Waals surface area (Å²) in [6.45, 7) is 5.62. The average Bonchev–Trinajstić information content (AvgIpc) is 3.06. The Morgan fingerprint density at radius 3 is 3.00 bits per heavy atom. The Bertz CT molecular complexity index is 608. The third-order valence-corrected chi connectivity index (χ3v) is 4.54. The summed E-state index contributed by atoms with van der Waals surface area (Å²) >= 11 is 0. The lowest BCUT2D eigenvalue weighted by Crippen LogP contribution is -2.32. The maximum atomic E-state index is 6.11. The van der Waals surface area contributed by atoms with Crippen LogP contribution in [-0.4, -0.2) is 38.3 Å². The molecule has 2 N–H and O–H groups in total. The lowest BCUT2D eigenvalue weighted by molar-refractivity contribution is 0.147. The fraction of sp³-hybridized carbons (Fsp3) is 0.529. The molecule has 2 atom stereocenters. The lowest BCUT2D eigenvalue weighted by Gasteiger charge is -2.27. The van der Waals surface area contributed by atoms with Crippen molar-refractivity contribution in [2.24, 2.45) is 11.7 Å². The number of para-hydroxylation sites is 1. The van der Waals surface area contributed by atoms with Crippen LogP contribution in [-0.2, 0) is 4.74 Å². The van der Waals surface area contributed by atoms with Gasteiger partial charge in [-0.15, -0.1) is 0 Å². The fourth-order valence-corrected chi connectivity index (χ4v) is 3.57. The molecule has 0 spiro atoms. The van der Waals surface area contributed by atoms with E-state index in [1.807, 2.05) is 19.1 Å². The molecule has 0 bridgehead atoms. The summed E-state index contributed by atoms with van der Waals surface area (Å²) in [6.07, 6.45) is 1.18. The van der Waals surface area contributed by atoms with Gasteiger partial charge in [0.15, 0.2) is 0 Å². The molecule has 2 aromatic rings. The molecule has 1 saturated heterocycles. The monoisotopic (exact) mass is 288 g/mol. The summed E-state index contributed by atoms with van der Waals surface area (Å²) in [4.78, 5) is 2.48. The number of aryl methyl sites for hydroxylation is 1. The fourth-order valence-electron chi connectivity index (χ4n) is 3.57. The van der Waals surface area contributed by atoms with E-state index < -0.39 is 0 Å². The molecular weight excluding hydrogens is 264 g/mol. The van der Waals surface area contributed by atoms with Crippen molar-refractivity contribution >= 4 is 11.0 Å². The van der Waals surface area contributed by atoms with Gasteiger partial charge in [0.2, 0.25) is 0 Å². The molecule has 4 nitrogen and oxygen atoms in total. The lowest BCUT2D eigenvalue weighted by atomic mass is 10.0. The van der Waals surface area contributed by atoms with E-state index in [1.165, 1.54) is 17.4 Å². The summed E-state index contributed by atoms with van der Waals surface area (Å²) in [6, 6.07) is 8.46. The molecule has 1 aliphatic rings. The van der Waals surface area contributed by atoms with Crippen molar-refractivity contribution < 1.29 is 9.15 Å². The Balaban J connectivity index is 1.90. The molecule has 114 valence electrons. The highest BCUT2D eigenvalue weighted by Gasteiger charge is 2.31. The van der Waals surface area contributed by atoms with Crippen LogP contribution in [0, 0.1) is 12.8 Å². The van der Waals surface area contributed by atoms with Gasteiger partial charge in [-0.1, -0.05) is 18.2 Å². The molecule has 0 amide bonds. The molecule has 1 aliphatic heterocycles. The van der Waals surface area contributed by atoms with Crippen LogP contribution in [0.2, 0.25) is 0 Å². The summed E-state index contributed by atoms with van der Waals surface area (Å²) in [5.41, 5.74) is 8.32. The molecule has 0 saturated carbocycles. The van der Waals surface area contributed by atoms with E-state index in [4.69, 9.17) is 14.9 Å². The highest BCUT2D eigenvalue weighted by molar-refractivity contribution is 5.82. The first-order valence-corrected chi connectivity index (χ1v) is 7.65. The number of nitrogens with two attached hydrogens (primary N) is 1. The number of furan rings is 1. The van der Waals surface area contributed by atoms with Gasteiger partial charge in [-0.05, 0) is 31.9 Å². The Labute approximate surface area is 125 Å². The first kappa shape index (κ1) is 14.6. The number of ether oxygens (including phenoxy) is 1. The molecule has 0 aliphatic carbocycles. The van der Waals surface area contributed by atoms with Crippen molar-refractivity contribution in [1.82, 2.24) is 4.90 Å². The summed E-state index contributed by atoms with van der Waals surface area (Å²) in [7, 11) is 1.77. The van der Waals surface area contributed by atoms with Gasteiger partial charge in [0.25, 0.3) is 0 Å². The largest absolute Gasteiger partial charge is 0.461 e. The smallest absolute Gasteiger partial charge is 0.134 e. The second-order valence-corrected chi connectivity index (χ2v) is 5.92. The van der Waals surface area contributed by atoms with Crippen molar-refractivity contribution in [3.63, 3.8) is 0 Å². The van der Waals surface area contributed by atoms with Gasteiger partial charge in [0.05, 0.1) is 12.6 Å². The summed E-state index contributed by atoms with van der Waals surface area (Å²) in [5.74, 6) is 1.60. The summed E-state index contributed by atoms with van der Waals surface area (Å²) < 4.78 is 11.2. The molecule has 21 heavy (non-hydrogen) atoms. The van der Waals surface area contributed by atoms with Crippen LogP contribution >= 0.6 is 0 Å². The Kier molecular flexibility index (Phi) is 4.29. The van der Waals surface area contributed by atoms with Crippen LogP contribution in [0.1, 0.15) is 23.8 Å². The van der Waals surface area contributed by atoms with Gasteiger partial charge in [-0.3, -0.25) is 4.90 Å². The predicted molar refractivity (Wildman–Crippen MR) is 84.3 cm³/mol. The van der Waals surface area contributed by atoms with E-state index >= 15 is 0 Å². The number of benzene rings is 1. The van der Waals surface area contributed by atoms with E-state index in [9.17, 15) is 0 Å². The molecular formula is C17H24N2O2. The van der Waals surface area contributed by atoms with Gasteiger partial charge in [0, 0.05) is 31.1 Å². The Morgan fingerprint density at radius 1 is 1.43 bits per heavy atom. The van der Waals surface area contributed by atoms with Crippen LogP contribution < -0.4 is 5.73 Å². The van der Waals surface area contributed by atoms with E-state index in [1.54, 1.807) is 7.11 Å². The van der Waals surface area contributed by atoms with Gasteiger partial charge in [0.1, 0.15) is 11.3 Å². The number of methoxy groups -OCH3 is 1. The quantitative estimate of drug-likeness (QED) is 0.919. The number of nitrogens with zero attached hydrogens (tertiary/aromatic N) is 1. The SMILES string of the molecule is COCC1CCN(C(CN)c2c(C)oc3ccccc23)C1. The maximum Gasteiger partial charge on any atom is 0.134 e. The maximum absolute atomic E-state index is 6.11. The van der Waals surface area contributed by atoms with Crippen LogP contribution in [0.25, 0.3) is 11.0 Å². The first-order chi connectivity index (χ1) is 10.2. The topological polar surface area (TPSA) is 51.6 Å². The van der Waals surface area contributed by atoms with Crippen LogP contribution in [0.5, 0.6) is 0 Å². The molecule has 1 fully saturated rings. The van der Waals surface area contributed by atoms with Crippen molar-refractivity contribution in [3.05, 3.63) is 35.6 Å². The van der Waals surface area contributed by atoms with Gasteiger partial charge in [-0.2, -0.15) is 0 Å². The van der Waals surface area contributed by atoms with Crippen molar-refractivity contribution in [1.29, 1.82) is 0 Å². The van der Waals surface area contributed by atoms with Crippen LogP contribution in [0.4, 0.5) is 0 Å². The minimum absolute atomic E-state index is 0.232. The van der Waals surface area contributed by atoms with Gasteiger partial charge < -0.3 is 14.9 Å². The molecule has 0 radical (unpaired) electrons. The second-order valence-electron chi connectivity index (χ2n) is 5.92. The van der Waals surface area contributed by atoms with Crippen LogP contribution in [0.3, 0.4) is 0 Å². The summed E-state index contributed by atoms with van der Waals surface area (Å²) in [5, 5.41) is 1.20. The number of fused-ring (bicyclic) bond motifs is 1. The van der Waals surface area contributed by atoms with Crippen molar-refractivity contribution in [2.45, 2.75) is 19.4 Å². The Hall–Kier alpha value is -1.36. The van der Waals surface area contributed by atoms with Crippen LogP contribution in [0.15, 0.2) is 28.7 Å². The van der Waals surface area contributed by atoms with Gasteiger partial charge in [-0.25, -0.2) is 0 Å². The predicted octanol–water partition coefficient (Wildman–Crippen LogP) is 2.71. The normalized spacial score (nSPS) is 21.2. The number of hydrogen-bond acceptors (Lipinski definition) is 4. The Morgan fingerprint density at radius 2 is 2.24 bits per heavy atom. The molecule has 1 aromatic carbocycles. The standard InChI is InChI=1S/C17H24N2O2/c1-12-17(14-5-3-4-6-16(14)21-12)15(9-18)19-8-7-13(10-19)11-20-2/h3-6,13,15H,7-11,18H2,1-2H3. The van der Waals surface area contributed by atoms with Crippen molar-refractivity contribution in [2.75, 3.05) is 33.4 Å². The second kappa shape index (κ2) is 6.18. The number of likely N-dealkylation sites (tertiary alicyclic amines) is 1. The zero-order chi connectivity index (χ0) is 14.8. The first-order valence-electron chi connectivity index (χ1n) is 7.65. The van der Waals surface area contributed by atoms with E-state index in [-0.39, 0.29) is 6.04 Å². The number of hydrogen-bond donors (Lipinski definition) is 1. The average molecular weight is 288 g/mol. The molecule has 1 aromatic heterocycles. The zero-order valence-electron chi connectivity index (χ0n) is 12.8. The third-order valence-electron chi connectivity index (χ3n) is 4.54. The molecule has 3 rings (SSSR count). The zero-order valence-corrected chi connectivity index (χ0v) is 12.8. The van der Waals surface area contributed by atoms with E-state index in [2.05, 4.69) is 17.0 Å². The highest BCUT2D eigenvalue weighted by atomic mass is 16.5.